The van der Waals surface area contributed by atoms with Gasteiger partial charge in [-0.2, -0.15) is 5.10 Å². The van der Waals surface area contributed by atoms with Crippen molar-refractivity contribution in [3.8, 4) is 0 Å². The van der Waals surface area contributed by atoms with Crippen molar-refractivity contribution in [2.24, 2.45) is 5.92 Å². The molecule has 0 radical (unpaired) electrons. The second-order valence-corrected chi connectivity index (χ2v) is 5.47. The molecule has 2 heterocycles. The average Bonchev–Trinajstić information content (AvgIpc) is 2.69. The van der Waals surface area contributed by atoms with Crippen molar-refractivity contribution in [1.82, 2.24) is 20.0 Å². The Morgan fingerprint density at radius 1 is 1.42 bits per heavy atom. The highest BCUT2D eigenvalue weighted by Crippen LogP contribution is 2.16. The molecule has 1 N–H and O–H groups in total. The van der Waals surface area contributed by atoms with Gasteiger partial charge in [-0.05, 0) is 52.3 Å². The van der Waals surface area contributed by atoms with E-state index < -0.39 is 0 Å². The minimum Gasteiger partial charge on any atom is -0.341 e. The Hall–Kier alpha value is -1.36. The highest BCUT2D eigenvalue weighted by Gasteiger charge is 2.22. The number of hydrogen-bond donors (Lipinski definition) is 1. The van der Waals surface area contributed by atoms with E-state index in [0.717, 1.165) is 43.9 Å². The summed E-state index contributed by atoms with van der Waals surface area (Å²) in [5, 5.41) is 7.56. The summed E-state index contributed by atoms with van der Waals surface area (Å²) in [6.07, 6.45) is 2.20. The fourth-order valence-electron chi connectivity index (χ4n) is 2.74. The molecule has 1 amide bonds. The third-order valence-electron chi connectivity index (χ3n) is 3.85. The molecule has 0 atom stereocenters. The predicted molar refractivity (Wildman–Crippen MR) is 74.9 cm³/mol. The van der Waals surface area contributed by atoms with Crippen molar-refractivity contribution in [2.45, 2.75) is 33.2 Å². The van der Waals surface area contributed by atoms with Crippen molar-refractivity contribution in [2.75, 3.05) is 26.7 Å². The molecule has 1 aliphatic heterocycles. The number of nitrogens with one attached hydrogen (secondary N) is 1. The molecule has 0 bridgehead atoms. The zero-order valence-electron chi connectivity index (χ0n) is 12.1. The Bertz CT molecular complexity index is 433. The maximum Gasteiger partial charge on any atom is 0.244 e. The number of nitrogens with zero attached hydrogens (tertiary/aromatic N) is 3. The van der Waals surface area contributed by atoms with Gasteiger partial charge in [0, 0.05) is 18.8 Å². The average molecular weight is 264 g/mol. The number of hydrogen-bond acceptors (Lipinski definition) is 3. The Morgan fingerprint density at radius 2 is 2.11 bits per heavy atom. The first-order valence-electron chi connectivity index (χ1n) is 7.03. The van der Waals surface area contributed by atoms with E-state index in [-0.39, 0.29) is 5.91 Å². The van der Waals surface area contributed by atoms with Gasteiger partial charge in [0.1, 0.15) is 6.54 Å². The molecular formula is C14H24N4O. The maximum absolute atomic E-state index is 12.2. The van der Waals surface area contributed by atoms with E-state index >= 15 is 0 Å². The normalized spacial score (nSPS) is 16.9. The minimum absolute atomic E-state index is 0.189. The third-order valence-corrected chi connectivity index (χ3v) is 3.85. The Balaban J connectivity index is 1.86. The lowest BCUT2D eigenvalue weighted by atomic mass is 9.97. The number of aryl methyl sites for hydroxylation is 2. The molecule has 0 spiro atoms. The van der Waals surface area contributed by atoms with Crippen LogP contribution in [0.4, 0.5) is 0 Å². The van der Waals surface area contributed by atoms with E-state index in [1.807, 2.05) is 31.9 Å². The second-order valence-electron chi connectivity index (χ2n) is 5.47. The summed E-state index contributed by atoms with van der Waals surface area (Å²) in [5.41, 5.74) is 2.02. The number of piperidine rings is 1. The van der Waals surface area contributed by atoms with Crippen molar-refractivity contribution < 1.29 is 4.79 Å². The molecule has 1 aromatic rings. The number of likely N-dealkylation sites (tertiary alicyclic amines) is 1. The van der Waals surface area contributed by atoms with Crippen LogP contribution in [0.2, 0.25) is 0 Å². The van der Waals surface area contributed by atoms with Gasteiger partial charge in [0.25, 0.3) is 0 Å². The van der Waals surface area contributed by atoms with E-state index in [9.17, 15) is 4.79 Å². The first-order valence-corrected chi connectivity index (χ1v) is 7.03. The van der Waals surface area contributed by atoms with Gasteiger partial charge in [0.05, 0.1) is 5.69 Å². The standard InChI is InChI=1S/C14H24N4O/c1-11-8-12(2)18(16-11)10-14(19)17-6-4-13(5-7-17)9-15-3/h8,13,15H,4-7,9-10H2,1-3H3. The monoisotopic (exact) mass is 264 g/mol. The van der Waals surface area contributed by atoms with Crippen LogP contribution in [0.15, 0.2) is 6.07 Å². The van der Waals surface area contributed by atoms with Gasteiger partial charge >= 0.3 is 0 Å². The number of rotatable bonds is 4. The maximum atomic E-state index is 12.2. The summed E-state index contributed by atoms with van der Waals surface area (Å²) in [7, 11) is 1.99. The summed E-state index contributed by atoms with van der Waals surface area (Å²) < 4.78 is 1.80. The Kier molecular flexibility index (Phi) is 4.58. The summed E-state index contributed by atoms with van der Waals surface area (Å²) in [6, 6.07) is 2.01. The van der Waals surface area contributed by atoms with E-state index in [1.165, 1.54) is 0 Å². The molecule has 0 saturated carbocycles. The fourth-order valence-corrected chi connectivity index (χ4v) is 2.74. The number of aromatic nitrogens is 2. The largest absolute Gasteiger partial charge is 0.341 e. The second kappa shape index (κ2) is 6.19. The van der Waals surface area contributed by atoms with E-state index in [0.29, 0.717) is 12.5 Å². The van der Waals surface area contributed by atoms with Crippen LogP contribution in [0.3, 0.4) is 0 Å². The van der Waals surface area contributed by atoms with Crippen LogP contribution >= 0.6 is 0 Å². The lowest BCUT2D eigenvalue weighted by molar-refractivity contribution is -0.133. The van der Waals surface area contributed by atoms with Crippen molar-refractivity contribution in [3.05, 3.63) is 17.5 Å². The smallest absolute Gasteiger partial charge is 0.244 e. The molecule has 2 rings (SSSR count). The lowest BCUT2D eigenvalue weighted by Gasteiger charge is -2.32. The molecule has 5 nitrogen and oxygen atoms in total. The van der Waals surface area contributed by atoms with Crippen molar-refractivity contribution in [3.63, 3.8) is 0 Å². The number of carbonyl (C=O) groups excluding carboxylic acids is 1. The van der Waals surface area contributed by atoms with E-state index in [1.54, 1.807) is 4.68 Å². The minimum atomic E-state index is 0.189. The fraction of sp³-hybridized carbons (Fsp3) is 0.714. The molecule has 19 heavy (non-hydrogen) atoms. The molecule has 5 heteroatoms. The van der Waals surface area contributed by atoms with Crippen molar-refractivity contribution in [1.29, 1.82) is 0 Å². The van der Waals surface area contributed by atoms with Gasteiger partial charge in [-0.3, -0.25) is 9.48 Å². The predicted octanol–water partition coefficient (Wildman–Crippen LogP) is 0.958. The Labute approximate surface area is 115 Å². The summed E-state index contributed by atoms with van der Waals surface area (Å²) in [4.78, 5) is 14.2. The van der Waals surface area contributed by atoms with Crippen LogP contribution in [-0.4, -0.2) is 47.3 Å². The summed E-state index contributed by atoms with van der Waals surface area (Å²) in [6.45, 7) is 7.13. The van der Waals surface area contributed by atoms with E-state index in [2.05, 4.69) is 10.4 Å². The van der Waals surface area contributed by atoms with Crippen molar-refractivity contribution >= 4 is 5.91 Å². The molecule has 1 fully saturated rings. The van der Waals surface area contributed by atoms with Crippen LogP contribution in [-0.2, 0) is 11.3 Å². The highest BCUT2D eigenvalue weighted by atomic mass is 16.2. The van der Waals surface area contributed by atoms with Crippen LogP contribution in [0.25, 0.3) is 0 Å². The molecule has 0 unspecified atom stereocenters. The molecule has 1 aromatic heterocycles. The van der Waals surface area contributed by atoms with Crippen LogP contribution in [0.1, 0.15) is 24.2 Å². The van der Waals surface area contributed by atoms with Gasteiger partial charge in [-0.25, -0.2) is 0 Å². The molecule has 106 valence electrons. The van der Waals surface area contributed by atoms with Crippen LogP contribution < -0.4 is 5.32 Å². The first kappa shape index (κ1) is 14.1. The molecule has 0 aliphatic carbocycles. The third kappa shape index (κ3) is 3.56. The first-order chi connectivity index (χ1) is 9.10. The summed E-state index contributed by atoms with van der Waals surface area (Å²) >= 11 is 0. The van der Waals surface area contributed by atoms with Gasteiger partial charge < -0.3 is 10.2 Å². The van der Waals surface area contributed by atoms with Crippen LogP contribution in [0, 0.1) is 19.8 Å². The van der Waals surface area contributed by atoms with Gasteiger partial charge in [-0.1, -0.05) is 0 Å². The van der Waals surface area contributed by atoms with Gasteiger partial charge in [0.15, 0.2) is 0 Å². The quantitative estimate of drug-likeness (QED) is 0.881. The number of amides is 1. The lowest BCUT2D eigenvalue weighted by Crippen LogP contribution is -2.42. The molecular weight excluding hydrogens is 240 g/mol. The Morgan fingerprint density at radius 3 is 2.63 bits per heavy atom. The van der Waals surface area contributed by atoms with Gasteiger partial charge in [-0.15, -0.1) is 0 Å². The molecule has 1 aliphatic rings. The summed E-state index contributed by atoms with van der Waals surface area (Å²) in [5.74, 6) is 0.900. The SMILES string of the molecule is CNCC1CCN(C(=O)Cn2nc(C)cc2C)CC1. The van der Waals surface area contributed by atoms with E-state index in [4.69, 9.17) is 0 Å². The van der Waals surface area contributed by atoms with Crippen LogP contribution in [0.5, 0.6) is 0 Å². The molecule has 1 saturated heterocycles. The number of carbonyl (C=O) groups is 1. The zero-order valence-corrected chi connectivity index (χ0v) is 12.1. The molecule has 0 aromatic carbocycles. The zero-order chi connectivity index (χ0) is 13.8. The van der Waals surface area contributed by atoms with Gasteiger partial charge in [0.2, 0.25) is 5.91 Å². The highest BCUT2D eigenvalue weighted by molar-refractivity contribution is 5.76. The topological polar surface area (TPSA) is 50.2 Å².